The molecule has 1 aromatic rings. The van der Waals surface area contributed by atoms with E-state index in [1.807, 2.05) is 24.3 Å². The number of amides is 1. The second-order valence-electron chi connectivity index (χ2n) is 7.54. The van der Waals surface area contributed by atoms with Gasteiger partial charge in [0.1, 0.15) is 0 Å². The molecule has 0 unspecified atom stereocenters. The second-order valence-corrected chi connectivity index (χ2v) is 9.45. The van der Waals surface area contributed by atoms with E-state index in [1.54, 1.807) is 0 Å². The lowest BCUT2D eigenvalue weighted by molar-refractivity contribution is -0.120. The molecule has 150 valence electrons. The molecule has 0 heterocycles. The summed E-state index contributed by atoms with van der Waals surface area (Å²) in [5.74, 6) is 0.273. The molecule has 0 aromatic heterocycles. The summed E-state index contributed by atoms with van der Waals surface area (Å²) in [6.45, 7) is 4.95. The number of allylic oxidation sites excluding steroid dienone is 1. The largest absolute Gasteiger partial charge is 0.356 e. The first-order chi connectivity index (χ1) is 12.8. The average molecular weight is 393 g/mol. The Labute approximate surface area is 163 Å². The van der Waals surface area contributed by atoms with Crippen LogP contribution in [0.2, 0.25) is 0 Å². The number of carbonyl (C=O) groups is 1. The Hall–Kier alpha value is -1.82. The fraction of sp³-hybridized carbons (Fsp3) is 0.571. The number of nitrogens with zero attached hydrogens (tertiary/aromatic N) is 1. The molecular weight excluding hydrogens is 360 g/mol. The minimum absolute atomic E-state index is 0.112. The Kier molecular flexibility index (Phi) is 7.90. The maximum Gasteiger partial charge on any atom is 0.232 e. The quantitative estimate of drug-likeness (QED) is 0.647. The van der Waals surface area contributed by atoms with Crippen molar-refractivity contribution in [3.63, 3.8) is 0 Å². The number of sulfonamides is 1. The summed E-state index contributed by atoms with van der Waals surface area (Å²) in [6, 6.07) is 7.50. The Morgan fingerprint density at radius 1 is 1.19 bits per heavy atom. The Bertz CT molecular complexity index is 752. The van der Waals surface area contributed by atoms with Crippen LogP contribution in [0.25, 0.3) is 0 Å². The number of anilines is 1. The fourth-order valence-corrected chi connectivity index (χ4v) is 4.23. The average Bonchev–Trinajstić information content (AvgIpc) is 2.62. The highest BCUT2D eigenvalue weighted by atomic mass is 32.2. The van der Waals surface area contributed by atoms with Gasteiger partial charge in [-0.15, -0.1) is 0 Å². The highest BCUT2D eigenvalue weighted by Gasteiger charge is 2.18. The third kappa shape index (κ3) is 7.01. The van der Waals surface area contributed by atoms with E-state index in [2.05, 4.69) is 25.2 Å². The topological polar surface area (TPSA) is 66.5 Å². The van der Waals surface area contributed by atoms with Crippen LogP contribution in [0.5, 0.6) is 0 Å². The fourth-order valence-electron chi connectivity index (χ4n) is 3.30. The Balaban J connectivity index is 1.88. The van der Waals surface area contributed by atoms with Crippen LogP contribution in [0.1, 0.15) is 63.9 Å². The number of benzene rings is 1. The van der Waals surface area contributed by atoms with Crippen LogP contribution in [0.3, 0.4) is 0 Å². The molecule has 1 aliphatic carbocycles. The van der Waals surface area contributed by atoms with Crippen LogP contribution in [0, 0.1) is 0 Å². The standard InChI is InChI=1S/C21H32N2O3S/c1-17(2)19-9-11-20(12-10-19)23(27(3,25)26)16-14-21(24)22-15-13-18-7-5-4-6-8-18/h7,9-12,17H,4-6,8,13-16H2,1-3H3,(H,22,24). The zero-order valence-corrected chi connectivity index (χ0v) is 17.5. The van der Waals surface area contributed by atoms with Crippen molar-refractivity contribution in [2.75, 3.05) is 23.7 Å². The van der Waals surface area contributed by atoms with Crippen molar-refractivity contribution in [3.05, 3.63) is 41.5 Å². The van der Waals surface area contributed by atoms with Crippen LogP contribution in [0.15, 0.2) is 35.9 Å². The molecule has 1 aliphatic rings. The highest BCUT2D eigenvalue weighted by Crippen LogP contribution is 2.22. The number of nitrogens with one attached hydrogen (secondary N) is 1. The molecule has 6 heteroatoms. The molecule has 0 bridgehead atoms. The maximum absolute atomic E-state index is 12.2. The number of hydrogen-bond acceptors (Lipinski definition) is 3. The zero-order valence-electron chi connectivity index (χ0n) is 16.7. The maximum atomic E-state index is 12.2. The van der Waals surface area contributed by atoms with Gasteiger partial charge < -0.3 is 5.32 Å². The normalized spacial score (nSPS) is 14.7. The third-order valence-corrected chi connectivity index (χ3v) is 6.14. The molecule has 1 amide bonds. The smallest absolute Gasteiger partial charge is 0.232 e. The Morgan fingerprint density at radius 3 is 2.44 bits per heavy atom. The summed E-state index contributed by atoms with van der Waals surface area (Å²) >= 11 is 0. The van der Waals surface area contributed by atoms with Crippen molar-refractivity contribution in [1.82, 2.24) is 5.32 Å². The van der Waals surface area contributed by atoms with E-state index < -0.39 is 10.0 Å². The zero-order chi connectivity index (χ0) is 19.9. The van der Waals surface area contributed by atoms with E-state index in [0.717, 1.165) is 24.8 Å². The summed E-state index contributed by atoms with van der Waals surface area (Å²) < 4.78 is 25.6. The lowest BCUT2D eigenvalue weighted by atomic mass is 9.97. The van der Waals surface area contributed by atoms with Gasteiger partial charge in [0.05, 0.1) is 11.9 Å². The van der Waals surface area contributed by atoms with E-state index in [-0.39, 0.29) is 18.9 Å². The summed E-state index contributed by atoms with van der Waals surface area (Å²) in [4.78, 5) is 12.1. The molecule has 2 rings (SSSR count). The van der Waals surface area contributed by atoms with Crippen LogP contribution in [-0.2, 0) is 14.8 Å². The molecule has 0 saturated carbocycles. The number of rotatable bonds is 9. The molecule has 0 radical (unpaired) electrons. The van der Waals surface area contributed by atoms with Crippen LogP contribution in [-0.4, -0.2) is 33.7 Å². The van der Waals surface area contributed by atoms with Gasteiger partial charge in [-0.25, -0.2) is 8.42 Å². The molecule has 0 aliphatic heterocycles. The molecule has 5 nitrogen and oxygen atoms in total. The highest BCUT2D eigenvalue weighted by molar-refractivity contribution is 7.92. The lowest BCUT2D eigenvalue weighted by Crippen LogP contribution is -2.35. The van der Waals surface area contributed by atoms with E-state index in [4.69, 9.17) is 0 Å². The van der Waals surface area contributed by atoms with E-state index in [0.29, 0.717) is 18.2 Å². The minimum atomic E-state index is -3.44. The summed E-state index contributed by atoms with van der Waals surface area (Å²) in [5.41, 5.74) is 3.17. The van der Waals surface area contributed by atoms with Gasteiger partial charge in [-0.1, -0.05) is 37.6 Å². The van der Waals surface area contributed by atoms with Gasteiger partial charge in [0.25, 0.3) is 0 Å². The first kappa shape index (κ1) is 21.5. The number of carbonyl (C=O) groups excluding carboxylic acids is 1. The van der Waals surface area contributed by atoms with Crippen LogP contribution in [0.4, 0.5) is 5.69 Å². The van der Waals surface area contributed by atoms with Crippen molar-refractivity contribution < 1.29 is 13.2 Å². The first-order valence-corrected chi connectivity index (χ1v) is 11.6. The molecular formula is C21H32N2O3S. The predicted molar refractivity (Wildman–Crippen MR) is 112 cm³/mol. The molecule has 27 heavy (non-hydrogen) atoms. The van der Waals surface area contributed by atoms with Crippen molar-refractivity contribution >= 4 is 21.6 Å². The van der Waals surface area contributed by atoms with Crippen LogP contribution < -0.4 is 9.62 Å². The van der Waals surface area contributed by atoms with Crippen molar-refractivity contribution in [1.29, 1.82) is 0 Å². The van der Waals surface area contributed by atoms with Gasteiger partial charge in [0.2, 0.25) is 15.9 Å². The second kappa shape index (κ2) is 9.93. The van der Waals surface area contributed by atoms with E-state index >= 15 is 0 Å². The predicted octanol–water partition coefficient (Wildman–Crippen LogP) is 3.97. The van der Waals surface area contributed by atoms with E-state index in [1.165, 1.54) is 29.0 Å². The molecule has 1 N–H and O–H groups in total. The van der Waals surface area contributed by atoms with Crippen molar-refractivity contribution in [2.24, 2.45) is 0 Å². The molecule has 0 spiro atoms. The molecule has 0 atom stereocenters. The summed E-state index contributed by atoms with van der Waals surface area (Å²) in [5, 5.41) is 2.91. The van der Waals surface area contributed by atoms with Crippen LogP contribution >= 0.6 is 0 Å². The molecule has 1 aromatic carbocycles. The lowest BCUT2D eigenvalue weighted by Gasteiger charge is -2.23. The SMILES string of the molecule is CC(C)c1ccc(N(CCC(=O)NCCC2=CCCCC2)S(C)(=O)=O)cc1. The Morgan fingerprint density at radius 2 is 1.89 bits per heavy atom. The van der Waals surface area contributed by atoms with Gasteiger partial charge in [-0.05, 0) is 55.7 Å². The van der Waals surface area contributed by atoms with Crippen molar-refractivity contribution in [2.45, 2.75) is 58.3 Å². The van der Waals surface area contributed by atoms with Gasteiger partial charge in [-0.3, -0.25) is 9.10 Å². The van der Waals surface area contributed by atoms with Crippen molar-refractivity contribution in [3.8, 4) is 0 Å². The number of hydrogen-bond donors (Lipinski definition) is 1. The molecule has 0 saturated heterocycles. The van der Waals surface area contributed by atoms with E-state index in [9.17, 15) is 13.2 Å². The van der Waals surface area contributed by atoms with Gasteiger partial charge >= 0.3 is 0 Å². The first-order valence-electron chi connectivity index (χ1n) is 9.79. The van der Waals surface area contributed by atoms with Gasteiger partial charge in [0, 0.05) is 19.5 Å². The summed E-state index contributed by atoms with van der Waals surface area (Å²) in [6.07, 6.45) is 9.26. The van der Waals surface area contributed by atoms with Gasteiger partial charge in [0.15, 0.2) is 0 Å². The van der Waals surface area contributed by atoms with Gasteiger partial charge in [-0.2, -0.15) is 0 Å². The molecule has 0 fully saturated rings. The summed E-state index contributed by atoms with van der Waals surface area (Å²) in [7, 11) is -3.44. The monoisotopic (exact) mass is 392 g/mol. The third-order valence-electron chi connectivity index (χ3n) is 4.94. The minimum Gasteiger partial charge on any atom is -0.356 e.